The summed E-state index contributed by atoms with van der Waals surface area (Å²) in [6.45, 7) is -0.673. The van der Waals surface area contributed by atoms with Crippen molar-refractivity contribution in [1.82, 2.24) is 9.80 Å². The highest BCUT2D eigenvalue weighted by atomic mass is 16.6. The molecule has 0 aliphatic carbocycles. The molecule has 11 nitrogen and oxygen atoms in total. The first-order chi connectivity index (χ1) is 14.2. The zero-order chi connectivity index (χ0) is 21.7. The number of nitrogens with zero attached hydrogens (tertiary/aromatic N) is 3. The van der Waals surface area contributed by atoms with E-state index in [-0.39, 0.29) is 27.9 Å². The van der Waals surface area contributed by atoms with Gasteiger partial charge < -0.3 is 5.32 Å². The summed E-state index contributed by atoms with van der Waals surface area (Å²) >= 11 is 0. The Morgan fingerprint density at radius 2 is 1.67 bits per heavy atom. The van der Waals surface area contributed by atoms with E-state index < -0.39 is 46.7 Å². The number of carbonyl (C=O) groups is 5. The molecule has 5 amide bonds. The maximum absolute atomic E-state index is 12.5. The molecule has 2 aromatic carbocycles. The predicted molar refractivity (Wildman–Crippen MR) is 100.0 cm³/mol. The van der Waals surface area contributed by atoms with Crippen molar-refractivity contribution in [2.75, 3.05) is 18.9 Å². The number of nitro benzene ring substituents is 1. The highest BCUT2D eigenvalue weighted by Gasteiger charge is 2.41. The molecular formula is C19H12N4O7. The molecule has 11 heteroatoms. The summed E-state index contributed by atoms with van der Waals surface area (Å²) in [5, 5.41) is 13.6. The Morgan fingerprint density at radius 3 is 2.37 bits per heavy atom. The van der Waals surface area contributed by atoms with Crippen molar-refractivity contribution in [3.05, 3.63) is 68.8 Å². The molecule has 0 atom stereocenters. The summed E-state index contributed by atoms with van der Waals surface area (Å²) in [4.78, 5) is 73.3. The minimum absolute atomic E-state index is 0.122. The van der Waals surface area contributed by atoms with Gasteiger partial charge in [-0.3, -0.25) is 43.9 Å². The van der Waals surface area contributed by atoms with Crippen molar-refractivity contribution in [2.24, 2.45) is 0 Å². The summed E-state index contributed by atoms with van der Waals surface area (Å²) in [6, 6.07) is 7.79. The molecular weight excluding hydrogens is 396 g/mol. The first-order valence-corrected chi connectivity index (χ1v) is 8.60. The second-order valence-electron chi connectivity index (χ2n) is 6.63. The van der Waals surface area contributed by atoms with Crippen LogP contribution in [0.15, 0.2) is 36.4 Å². The molecule has 1 N–H and O–H groups in total. The molecule has 2 aromatic rings. The van der Waals surface area contributed by atoms with Gasteiger partial charge in [-0.05, 0) is 24.3 Å². The van der Waals surface area contributed by atoms with Gasteiger partial charge in [0.25, 0.3) is 29.3 Å². The van der Waals surface area contributed by atoms with E-state index in [4.69, 9.17) is 0 Å². The van der Waals surface area contributed by atoms with Gasteiger partial charge >= 0.3 is 0 Å². The highest BCUT2D eigenvalue weighted by molar-refractivity contribution is 6.24. The van der Waals surface area contributed by atoms with Crippen LogP contribution >= 0.6 is 0 Å². The van der Waals surface area contributed by atoms with Gasteiger partial charge in [-0.2, -0.15) is 0 Å². The number of carbonyl (C=O) groups excluding carboxylic acids is 5. The quantitative estimate of drug-likeness (QED) is 0.452. The summed E-state index contributed by atoms with van der Waals surface area (Å²) in [6.07, 6.45) is 0. The molecule has 0 fully saturated rings. The number of benzene rings is 2. The SMILES string of the molecule is CN1C(=O)c2ccc(NC(=O)CN3C(=O)c4cccc([N+](=O)[O-])c4C3=O)cc2C1=O. The van der Waals surface area contributed by atoms with Crippen molar-refractivity contribution in [3.8, 4) is 0 Å². The standard InChI is InChI=1S/C19H12N4O7/c1-21-16(25)10-6-5-9(7-12(10)17(21)26)20-14(24)8-22-18(27)11-3-2-4-13(23(29)30)15(11)19(22)28/h2-7H,8H2,1H3,(H,20,24). The van der Waals surface area contributed by atoms with E-state index >= 15 is 0 Å². The number of anilines is 1. The Hall–Kier alpha value is -4.41. The van der Waals surface area contributed by atoms with E-state index in [1.165, 1.54) is 37.4 Å². The topological polar surface area (TPSA) is 147 Å². The van der Waals surface area contributed by atoms with E-state index in [1.807, 2.05) is 0 Å². The molecule has 2 heterocycles. The second-order valence-corrected chi connectivity index (χ2v) is 6.63. The fourth-order valence-electron chi connectivity index (χ4n) is 3.39. The Balaban J connectivity index is 1.53. The lowest BCUT2D eigenvalue weighted by Gasteiger charge is -2.13. The van der Waals surface area contributed by atoms with Gasteiger partial charge in [-0.25, -0.2) is 0 Å². The molecule has 0 bridgehead atoms. The number of rotatable bonds is 4. The molecule has 0 unspecified atom stereocenters. The average molecular weight is 408 g/mol. The Bertz CT molecular complexity index is 1200. The van der Waals surface area contributed by atoms with E-state index in [2.05, 4.69) is 5.32 Å². The zero-order valence-corrected chi connectivity index (χ0v) is 15.4. The van der Waals surface area contributed by atoms with Crippen LogP contribution in [0.2, 0.25) is 0 Å². The number of hydrogen-bond acceptors (Lipinski definition) is 7. The number of nitrogens with one attached hydrogen (secondary N) is 1. The lowest BCUT2D eigenvalue weighted by molar-refractivity contribution is -0.385. The van der Waals surface area contributed by atoms with Gasteiger partial charge in [0, 0.05) is 18.8 Å². The molecule has 2 aliphatic rings. The Morgan fingerprint density at radius 1 is 0.967 bits per heavy atom. The monoisotopic (exact) mass is 408 g/mol. The summed E-state index contributed by atoms with van der Waals surface area (Å²) in [5.41, 5.74) is -0.501. The van der Waals surface area contributed by atoms with Crippen LogP contribution in [0.25, 0.3) is 0 Å². The second kappa shape index (κ2) is 6.58. The largest absolute Gasteiger partial charge is 0.325 e. The van der Waals surface area contributed by atoms with Crippen molar-refractivity contribution in [2.45, 2.75) is 0 Å². The van der Waals surface area contributed by atoms with E-state index in [1.54, 1.807) is 0 Å². The molecule has 0 saturated carbocycles. The normalized spacial score (nSPS) is 14.8. The minimum Gasteiger partial charge on any atom is -0.325 e. The van der Waals surface area contributed by atoms with Crippen LogP contribution in [0.1, 0.15) is 41.4 Å². The Labute approximate surface area is 168 Å². The van der Waals surface area contributed by atoms with Crippen molar-refractivity contribution in [3.63, 3.8) is 0 Å². The lowest BCUT2D eigenvalue weighted by Crippen LogP contribution is -2.37. The van der Waals surface area contributed by atoms with Gasteiger partial charge in [-0.1, -0.05) is 6.07 Å². The summed E-state index contributed by atoms with van der Waals surface area (Å²) in [5.74, 6) is -3.48. The molecule has 0 saturated heterocycles. The Kier molecular flexibility index (Phi) is 4.15. The molecule has 2 aliphatic heterocycles. The van der Waals surface area contributed by atoms with Gasteiger partial charge in [0.2, 0.25) is 5.91 Å². The predicted octanol–water partition coefficient (Wildman–Crippen LogP) is 1.06. The molecule has 4 rings (SSSR count). The maximum atomic E-state index is 12.5. The summed E-state index contributed by atoms with van der Waals surface area (Å²) in [7, 11) is 1.34. The highest BCUT2D eigenvalue weighted by Crippen LogP contribution is 2.30. The number of fused-ring (bicyclic) bond motifs is 2. The molecule has 0 spiro atoms. The van der Waals surface area contributed by atoms with Gasteiger partial charge in [0.15, 0.2) is 0 Å². The molecule has 150 valence electrons. The van der Waals surface area contributed by atoms with Crippen LogP contribution in [-0.2, 0) is 4.79 Å². The zero-order valence-electron chi connectivity index (χ0n) is 15.4. The van der Waals surface area contributed by atoms with Crippen LogP contribution < -0.4 is 5.32 Å². The van der Waals surface area contributed by atoms with Gasteiger partial charge in [-0.15, -0.1) is 0 Å². The van der Waals surface area contributed by atoms with Crippen molar-refractivity contribution >= 4 is 40.9 Å². The smallest absolute Gasteiger partial charge is 0.282 e. The third-order valence-electron chi connectivity index (χ3n) is 4.85. The van der Waals surface area contributed by atoms with Crippen molar-refractivity contribution < 1.29 is 28.9 Å². The first-order valence-electron chi connectivity index (χ1n) is 8.60. The summed E-state index contributed by atoms with van der Waals surface area (Å²) < 4.78 is 0. The van der Waals surface area contributed by atoms with Gasteiger partial charge in [0.1, 0.15) is 12.1 Å². The van der Waals surface area contributed by atoms with Crippen molar-refractivity contribution in [1.29, 1.82) is 0 Å². The number of imide groups is 2. The van der Waals surface area contributed by atoms with Crippen LogP contribution in [0.3, 0.4) is 0 Å². The minimum atomic E-state index is -0.936. The van der Waals surface area contributed by atoms with E-state index in [0.29, 0.717) is 4.90 Å². The van der Waals surface area contributed by atoms with Crippen LogP contribution in [0.4, 0.5) is 11.4 Å². The fourth-order valence-corrected chi connectivity index (χ4v) is 3.39. The van der Waals surface area contributed by atoms with Crippen LogP contribution in [-0.4, -0.2) is 57.9 Å². The number of nitro groups is 1. The van der Waals surface area contributed by atoms with E-state index in [0.717, 1.165) is 11.0 Å². The van der Waals surface area contributed by atoms with Crippen LogP contribution in [0.5, 0.6) is 0 Å². The number of amides is 5. The van der Waals surface area contributed by atoms with Crippen LogP contribution in [0, 0.1) is 10.1 Å². The molecule has 30 heavy (non-hydrogen) atoms. The fraction of sp³-hybridized carbons (Fsp3) is 0.105. The maximum Gasteiger partial charge on any atom is 0.282 e. The number of hydrogen-bond donors (Lipinski definition) is 1. The first kappa shape index (κ1) is 18.9. The third kappa shape index (κ3) is 2.71. The molecule has 0 aromatic heterocycles. The van der Waals surface area contributed by atoms with E-state index in [9.17, 15) is 34.1 Å². The average Bonchev–Trinajstić information content (AvgIpc) is 3.08. The van der Waals surface area contributed by atoms with Gasteiger partial charge in [0.05, 0.1) is 21.6 Å². The third-order valence-corrected chi connectivity index (χ3v) is 4.85. The lowest BCUT2D eigenvalue weighted by atomic mass is 10.1. The molecule has 0 radical (unpaired) electrons.